The predicted octanol–water partition coefficient (Wildman–Crippen LogP) is 4.14. The van der Waals surface area contributed by atoms with Gasteiger partial charge in [0.15, 0.2) is 0 Å². The normalized spacial score (nSPS) is 10.8. The summed E-state index contributed by atoms with van der Waals surface area (Å²) in [5.74, 6) is 0.554. The molecule has 0 fully saturated rings. The fourth-order valence-corrected chi connectivity index (χ4v) is 2.67. The molecule has 2 aromatic rings. The highest BCUT2D eigenvalue weighted by Crippen LogP contribution is 2.17. The molecule has 2 nitrogen and oxygen atoms in total. The number of hydrogen-bond donors (Lipinski definition) is 1. The zero-order valence-electron chi connectivity index (χ0n) is 12.2. The van der Waals surface area contributed by atoms with Gasteiger partial charge in [0.2, 0.25) is 5.91 Å². The van der Waals surface area contributed by atoms with Gasteiger partial charge in [0.1, 0.15) is 5.82 Å². The van der Waals surface area contributed by atoms with Crippen LogP contribution in [-0.4, -0.2) is 18.2 Å². The Morgan fingerprint density at radius 2 is 1.82 bits per heavy atom. The van der Waals surface area contributed by atoms with Crippen molar-refractivity contribution in [3.05, 3.63) is 72.1 Å². The van der Waals surface area contributed by atoms with Crippen molar-refractivity contribution in [3.63, 3.8) is 0 Å². The van der Waals surface area contributed by atoms with Crippen molar-refractivity contribution >= 4 is 23.7 Å². The minimum Gasteiger partial charge on any atom is -0.353 e. The predicted molar refractivity (Wildman–Crippen MR) is 90.2 cm³/mol. The van der Waals surface area contributed by atoms with E-state index >= 15 is 0 Å². The molecule has 0 atom stereocenters. The Balaban J connectivity index is 1.62. The van der Waals surface area contributed by atoms with Crippen LogP contribution in [0.3, 0.4) is 0 Å². The second-order valence-electron chi connectivity index (χ2n) is 4.69. The van der Waals surface area contributed by atoms with Gasteiger partial charge in [-0.25, -0.2) is 4.39 Å². The topological polar surface area (TPSA) is 29.1 Å². The molecule has 0 saturated heterocycles. The van der Waals surface area contributed by atoms with Crippen LogP contribution in [0, 0.1) is 5.82 Å². The largest absolute Gasteiger partial charge is 0.353 e. The molecule has 0 unspecified atom stereocenters. The Hall–Kier alpha value is -2.07. The van der Waals surface area contributed by atoms with Gasteiger partial charge >= 0.3 is 0 Å². The average Bonchev–Trinajstić information content (AvgIpc) is 2.55. The summed E-state index contributed by atoms with van der Waals surface area (Å²) in [7, 11) is 0. The molecule has 0 spiro atoms. The maximum atomic E-state index is 12.7. The number of carbonyl (C=O) groups excluding carboxylic acids is 1. The lowest BCUT2D eigenvalue weighted by Crippen LogP contribution is -2.22. The Labute approximate surface area is 134 Å². The number of hydrogen-bond acceptors (Lipinski definition) is 2. The monoisotopic (exact) mass is 315 g/mol. The molecule has 1 N–H and O–H groups in total. The molecule has 0 radical (unpaired) electrons. The number of carbonyl (C=O) groups is 1. The highest BCUT2D eigenvalue weighted by molar-refractivity contribution is 7.99. The molecule has 0 heterocycles. The van der Waals surface area contributed by atoms with Gasteiger partial charge in [-0.2, -0.15) is 0 Å². The first kappa shape index (κ1) is 16.3. The minimum absolute atomic E-state index is 0.131. The summed E-state index contributed by atoms with van der Waals surface area (Å²) in [5.41, 5.74) is 0.802. The zero-order valence-corrected chi connectivity index (χ0v) is 13.0. The second kappa shape index (κ2) is 9.05. The van der Waals surface area contributed by atoms with E-state index in [0.29, 0.717) is 6.54 Å². The van der Waals surface area contributed by atoms with E-state index in [1.807, 2.05) is 18.2 Å². The maximum absolute atomic E-state index is 12.7. The minimum atomic E-state index is -0.280. The van der Waals surface area contributed by atoms with Crippen LogP contribution < -0.4 is 5.32 Å². The molecule has 0 bridgehead atoms. The van der Waals surface area contributed by atoms with Crippen LogP contribution in [-0.2, 0) is 4.79 Å². The van der Waals surface area contributed by atoms with Crippen molar-refractivity contribution in [1.29, 1.82) is 0 Å². The summed E-state index contributed by atoms with van der Waals surface area (Å²) in [5, 5.41) is 2.84. The van der Waals surface area contributed by atoms with E-state index < -0.39 is 0 Å². The molecule has 2 rings (SSSR count). The Morgan fingerprint density at radius 1 is 1.09 bits per heavy atom. The fourth-order valence-electron chi connectivity index (χ4n) is 1.80. The molecule has 0 aliphatic carbocycles. The van der Waals surface area contributed by atoms with Crippen LogP contribution in [0.2, 0.25) is 0 Å². The molecule has 22 heavy (non-hydrogen) atoms. The lowest BCUT2D eigenvalue weighted by atomic mass is 10.2. The summed E-state index contributed by atoms with van der Waals surface area (Å²) >= 11 is 1.78. The van der Waals surface area contributed by atoms with Crippen molar-refractivity contribution in [2.24, 2.45) is 0 Å². The molecule has 1 amide bonds. The van der Waals surface area contributed by atoms with Crippen LogP contribution in [0.4, 0.5) is 4.39 Å². The average molecular weight is 315 g/mol. The summed E-state index contributed by atoms with van der Waals surface area (Å²) in [6, 6.07) is 16.2. The highest BCUT2D eigenvalue weighted by Gasteiger charge is 1.97. The molecule has 2 aromatic carbocycles. The molecule has 0 aliphatic heterocycles. The van der Waals surface area contributed by atoms with Crippen molar-refractivity contribution in [1.82, 2.24) is 5.32 Å². The van der Waals surface area contributed by atoms with Crippen molar-refractivity contribution in [2.75, 3.05) is 12.3 Å². The zero-order chi connectivity index (χ0) is 15.6. The van der Waals surface area contributed by atoms with Gasteiger partial charge in [-0.3, -0.25) is 4.79 Å². The third-order valence-corrected chi connectivity index (χ3v) is 4.03. The van der Waals surface area contributed by atoms with Gasteiger partial charge in [0.25, 0.3) is 0 Å². The molecule has 0 saturated carbocycles. The SMILES string of the molecule is O=C(/C=C/c1ccc(F)cc1)NCCCSc1ccccc1. The maximum Gasteiger partial charge on any atom is 0.243 e. The van der Waals surface area contributed by atoms with E-state index in [2.05, 4.69) is 17.4 Å². The van der Waals surface area contributed by atoms with E-state index in [0.717, 1.165) is 17.7 Å². The molecule has 0 aliphatic rings. The summed E-state index contributed by atoms with van der Waals surface area (Å²) in [6.07, 6.45) is 4.06. The number of rotatable bonds is 7. The number of amides is 1. The van der Waals surface area contributed by atoms with Gasteiger partial charge < -0.3 is 5.32 Å². The first-order valence-electron chi connectivity index (χ1n) is 7.13. The third-order valence-electron chi connectivity index (χ3n) is 2.93. The van der Waals surface area contributed by atoms with Crippen molar-refractivity contribution < 1.29 is 9.18 Å². The van der Waals surface area contributed by atoms with Crippen molar-refractivity contribution in [2.45, 2.75) is 11.3 Å². The van der Waals surface area contributed by atoms with Crippen LogP contribution in [0.5, 0.6) is 0 Å². The first-order chi connectivity index (χ1) is 10.7. The van der Waals surface area contributed by atoms with Crippen molar-refractivity contribution in [3.8, 4) is 0 Å². The Kier molecular flexibility index (Phi) is 6.71. The second-order valence-corrected chi connectivity index (χ2v) is 5.86. The van der Waals surface area contributed by atoms with E-state index in [4.69, 9.17) is 0 Å². The Bertz CT molecular complexity index is 611. The number of nitrogens with one attached hydrogen (secondary N) is 1. The number of halogens is 1. The summed E-state index contributed by atoms with van der Waals surface area (Å²) in [6.45, 7) is 0.645. The molecule has 114 valence electrons. The van der Waals surface area contributed by atoms with Gasteiger partial charge in [0.05, 0.1) is 0 Å². The van der Waals surface area contributed by atoms with Crippen LogP contribution in [0.15, 0.2) is 65.6 Å². The third kappa shape index (κ3) is 6.14. The lowest BCUT2D eigenvalue weighted by molar-refractivity contribution is -0.116. The number of benzene rings is 2. The summed E-state index contributed by atoms with van der Waals surface area (Å²) < 4.78 is 12.7. The molecule has 0 aromatic heterocycles. The van der Waals surface area contributed by atoms with E-state index in [-0.39, 0.29) is 11.7 Å². The van der Waals surface area contributed by atoms with Crippen LogP contribution >= 0.6 is 11.8 Å². The quantitative estimate of drug-likeness (QED) is 0.473. The molecular weight excluding hydrogens is 297 g/mol. The molecule has 4 heteroatoms. The van der Waals surface area contributed by atoms with E-state index in [1.54, 1.807) is 30.0 Å². The smallest absolute Gasteiger partial charge is 0.243 e. The van der Waals surface area contributed by atoms with Gasteiger partial charge in [-0.05, 0) is 48.1 Å². The summed E-state index contributed by atoms with van der Waals surface area (Å²) in [4.78, 5) is 12.9. The van der Waals surface area contributed by atoms with E-state index in [9.17, 15) is 9.18 Å². The highest BCUT2D eigenvalue weighted by atomic mass is 32.2. The van der Waals surface area contributed by atoms with E-state index in [1.165, 1.54) is 23.1 Å². The molecular formula is C18H18FNOS. The standard InChI is InChI=1S/C18H18FNOS/c19-16-10-7-15(8-11-16)9-12-18(21)20-13-4-14-22-17-5-2-1-3-6-17/h1-3,5-12H,4,13-14H2,(H,20,21)/b12-9+. The van der Waals surface area contributed by atoms with Gasteiger partial charge in [0, 0.05) is 17.5 Å². The Morgan fingerprint density at radius 3 is 2.55 bits per heavy atom. The van der Waals surface area contributed by atoms with Gasteiger partial charge in [-0.15, -0.1) is 11.8 Å². The van der Waals surface area contributed by atoms with Gasteiger partial charge in [-0.1, -0.05) is 30.3 Å². The fraction of sp³-hybridized carbons (Fsp3) is 0.167. The first-order valence-corrected chi connectivity index (χ1v) is 8.12. The van der Waals surface area contributed by atoms with Crippen LogP contribution in [0.1, 0.15) is 12.0 Å². The number of thioether (sulfide) groups is 1. The van der Waals surface area contributed by atoms with Crippen LogP contribution in [0.25, 0.3) is 6.08 Å². The lowest BCUT2D eigenvalue weighted by Gasteiger charge is -2.03.